The summed E-state index contributed by atoms with van der Waals surface area (Å²) in [6, 6.07) is 10.7. The number of amides is 1. The first-order valence-corrected chi connectivity index (χ1v) is 7.33. The first kappa shape index (κ1) is 13.8. The zero-order valence-corrected chi connectivity index (χ0v) is 12.0. The summed E-state index contributed by atoms with van der Waals surface area (Å²) in [5, 5.41) is 5.89. The molecule has 0 atom stereocenters. The van der Waals surface area contributed by atoms with Crippen molar-refractivity contribution in [1.29, 1.82) is 0 Å². The van der Waals surface area contributed by atoms with Gasteiger partial charge in [-0.25, -0.2) is 4.98 Å². The zero-order chi connectivity index (χ0) is 14.7. The fraction of sp³-hybridized carbons (Fsp3) is 0.375. The van der Waals surface area contributed by atoms with Crippen LogP contribution >= 0.6 is 0 Å². The number of anilines is 1. The van der Waals surface area contributed by atoms with Crippen molar-refractivity contribution in [1.82, 2.24) is 9.88 Å². The number of hydrogen-bond donors (Lipinski definition) is 2. The highest BCUT2D eigenvalue weighted by atomic mass is 16.1. The van der Waals surface area contributed by atoms with E-state index in [9.17, 15) is 4.79 Å². The Bertz CT molecular complexity index is 630. The van der Waals surface area contributed by atoms with E-state index in [1.54, 1.807) is 0 Å². The molecular formula is C16H20N4O. The number of rotatable bonds is 4. The van der Waals surface area contributed by atoms with Crippen molar-refractivity contribution in [3.8, 4) is 0 Å². The fourth-order valence-corrected chi connectivity index (χ4v) is 2.88. The Morgan fingerprint density at radius 1 is 1.29 bits per heavy atom. The van der Waals surface area contributed by atoms with Crippen LogP contribution in [0, 0.1) is 0 Å². The van der Waals surface area contributed by atoms with E-state index in [1.165, 1.54) is 5.39 Å². The molecule has 2 aromatic rings. The van der Waals surface area contributed by atoms with Gasteiger partial charge in [0.25, 0.3) is 0 Å². The quantitative estimate of drug-likeness (QED) is 0.894. The van der Waals surface area contributed by atoms with Gasteiger partial charge in [-0.2, -0.15) is 0 Å². The lowest BCUT2D eigenvalue weighted by Gasteiger charge is -2.31. The van der Waals surface area contributed by atoms with Gasteiger partial charge in [-0.05, 0) is 24.3 Å². The molecule has 3 N–H and O–H groups in total. The molecule has 1 saturated heterocycles. The molecule has 2 heterocycles. The molecule has 0 aliphatic carbocycles. The zero-order valence-electron chi connectivity index (χ0n) is 12.0. The third-order valence-corrected chi connectivity index (χ3v) is 3.98. The number of fused-ring (bicyclic) bond motifs is 1. The van der Waals surface area contributed by atoms with Crippen molar-refractivity contribution < 1.29 is 4.79 Å². The Balaban J connectivity index is 1.66. The van der Waals surface area contributed by atoms with E-state index in [4.69, 9.17) is 5.73 Å². The second-order valence-electron chi connectivity index (χ2n) is 5.54. The van der Waals surface area contributed by atoms with Crippen molar-refractivity contribution in [2.45, 2.75) is 18.9 Å². The molecule has 0 unspecified atom stereocenters. The fourth-order valence-electron chi connectivity index (χ4n) is 2.88. The number of carbonyl (C=O) groups is 1. The van der Waals surface area contributed by atoms with Gasteiger partial charge in [-0.15, -0.1) is 0 Å². The number of benzene rings is 1. The standard InChI is InChI=1S/C16H20N4O/c17-15(21)11-20-9-6-13(7-10-20)19-16-14-4-2-1-3-12(14)5-8-18-16/h1-5,8,13H,6-7,9-11H2,(H2,17,21)(H,18,19). The van der Waals surface area contributed by atoms with Crippen LogP contribution < -0.4 is 11.1 Å². The van der Waals surface area contributed by atoms with Gasteiger partial charge in [0.1, 0.15) is 5.82 Å². The molecule has 110 valence electrons. The number of pyridine rings is 1. The van der Waals surface area contributed by atoms with E-state index >= 15 is 0 Å². The third kappa shape index (κ3) is 3.31. The van der Waals surface area contributed by atoms with Gasteiger partial charge in [0.15, 0.2) is 0 Å². The molecule has 1 amide bonds. The van der Waals surface area contributed by atoms with Gasteiger partial charge in [0.05, 0.1) is 6.54 Å². The van der Waals surface area contributed by atoms with Gasteiger partial charge in [-0.3, -0.25) is 9.69 Å². The molecule has 1 aliphatic heterocycles. The molecule has 1 aromatic carbocycles. The number of nitrogens with zero attached hydrogens (tertiary/aromatic N) is 2. The van der Waals surface area contributed by atoms with Crippen molar-refractivity contribution >= 4 is 22.5 Å². The monoisotopic (exact) mass is 284 g/mol. The van der Waals surface area contributed by atoms with Crippen LogP contribution in [0.3, 0.4) is 0 Å². The van der Waals surface area contributed by atoms with Crippen molar-refractivity contribution in [2.24, 2.45) is 5.73 Å². The molecule has 0 spiro atoms. The van der Waals surface area contributed by atoms with E-state index in [0.717, 1.165) is 37.1 Å². The number of aromatic nitrogens is 1. The average Bonchev–Trinajstić information content (AvgIpc) is 2.49. The second-order valence-corrected chi connectivity index (χ2v) is 5.54. The van der Waals surface area contributed by atoms with Gasteiger partial charge in [-0.1, -0.05) is 24.3 Å². The van der Waals surface area contributed by atoms with Crippen LogP contribution in [0.5, 0.6) is 0 Å². The lowest BCUT2D eigenvalue weighted by Crippen LogP contribution is -2.43. The molecule has 5 heteroatoms. The molecule has 0 saturated carbocycles. The average molecular weight is 284 g/mol. The molecule has 1 fully saturated rings. The van der Waals surface area contributed by atoms with Crippen LogP contribution in [0.25, 0.3) is 10.8 Å². The lowest BCUT2D eigenvalue weighted by atomic mass is 10.0. The van der Waals surface area contributed by atoms with Crippen molar-refractivity contribution in [2.75, 3.05) is 25.0 Å². The Labute approximate surface area is 124 Å². The number of hydrogen-bond acceptors (Lipinski definition) is 4. The van der Waals surface area contributed by atoms with E-state index in [2.05, 4.69) is 27.3 Å². The predicted molar refractivity (Wildman–Crippen MR) is 84.0 cm³/mol. The summed E-state index contributed by atoms with van der Waals surface area (Å²) >= 11 is 0. The van der Waals surface area contributed by atoms with Gasteiger partial charge in [0.2, 0.25) is 5.91 Å². The minimum atomic E-state index is -0.253. The summed E-state index contributed by atoms with van der Waals surface area (Å²) in [5.41, 5.74) is 5.24. The van der Waals surface area contributed by atoms with Crippen LogP contribution in [0.2, 0.25) is 0 Å². The maximum Gasteiger partial charge on any atom is 0.231 e. The number of piperidine rings is 1. The third-order valence-electron chi connectivity index (χ3n) is 3.98. The van der Waals surface area contributed by atoms with E-state index < -0.39 is 0 Å². The molecule has 0 radical (unpaired) electrons. The first-order chi connectivity index (χ1) is 10.2. The number of likely N-dealkylation sites (tertiary alicyclic amines) is 1. The van der Waals surface area contributed by atoms with Crippen LogP contribution in [0.15, 0.2) is 36.5 Å². The maximum atomic E-state index is 10.9. The van der Waals surface area contributed by atoms with Crippen molar-refractivity contribution in [3.63, 3.8) is 0 Å². The Kier molecular flexibility index (Phi) is 4.01. The summed E-state index contributed by atoms with van der Waals surface area (Å²) in [5.74, 6) is 0.693. The minimum Gasteiger partial charge on any atom is -0.369 e. The molecule has 0 bridgehead atoms. The molecule has 5 nitrogen and oxygen atoms in total. The SMILES string of the molecule is NC(=O)CN1CCC(Nc2nccc3ccccc23)CC1. The smallest absolute Gasteiger partial charge is 0.231 e. The normalized spacial score (nSPS) is 17.0. The minimum absolute atomic E-state index is 0.253. The Morgan fingerprint density at radius 2 is 2.05 bits per heavy atom. The van der Waals surface area contributed by atoms with Gasteiger partial charge < -0.3 is 11.1 Å². The summed E-state index contributed by atoms with van der Waals surface area (Å²) in [6.07, 6.45) is 3.84. The summed E-state index contributed by atoms with van der Waals surface area (Å²) < 4.78 is 0. The van der Waals surface area contributed by atoms with E-state index in [1.807, 2.05) is 24.4 Å². The maximum absolute atomic E-state index is 10.9. The highest BCUT2D eigenvalue weighted by Crippen LogP contribution is 2.23. The highest BCUT2D eigenvalue weighted by molar-refractivity contribution is 5.91. The van der Waals surface area contributed by atoms with Crippen LogP contribution in [0.4, 0.5) is 5.82 Å². The van der Waals surface area contributed by atoms with Crippen molar-refractivity contribution in [3.05, 3.63) is 36.5 Å². The lowest BCUT2D eigenvalue weighted by molar-refractivity contribution is -0.119. The number of nitrogens with one attached hydrogen (secondary N) is 1. The molecule has 1 aliphatic rings. The van der Waals surface area contributed by atoms with Gasteiger partial charge >= 0.3 is 0 Å². The Morgan fingerprint density at radius 3 is 2.81 bits per heavy atom. The summed E-state index contributed by atoms with van der Waals surface area (Å²) in [6.45, 7) is 2.15. The molecule has 3 rings (SSSR count). The second kappa shape index (κ2) is 6.10. The van der Waals surface area contributed by atoms with Gasteiger partial charge in [0, 0.05) is 30.7 Å². The number of primary amides is 1. The largest absolute Gasteiger partial charge is 0.369 e. The van der Waals surface area contributed by atoms with Crippen LogP contribution in [0.1, 0.15) is 12.8 Å². The topological polar surface area (TPSA) is 71.2 Å². The van der Waals surface area contributed by atoms with Crippen LogP contribution in [-0.2, 0) is 4.79 Å². The summed E-state index contributed by atoms with van der Waals surface area (Å²) in [7, 11) is 0. The first-order valence-electron chi connectivity index (χ1n) is 7.33. The van der Waals surface area contributed by atoms with E-state index in [-0.39, 0.29) is 5.91 Å². The molecule has 21 heavy (non-hydrogen) atoms. The Hall–Kier alpha value is -2.14. The molecular weight excluding hydrogens is 264 g/mol. The number of nitrogens with two attached hydrogens (primary N) is 1. The summed E-state index contributed by atoms with van der Waals surface area (Å²) in [4.78, 5) is 17.5. The predicted octanol–water partition coefficient (Wildman–Crippen LogP) is 1.60. The number of carbonyl (C=O) groups excluding carboxylic acids is 1. The molecule has 1 aromatic heterocycles. The van der Waals surface area contributed by atoms with E-state index in [0.29, 0.717) is 12.6 Å². The highest BCUT2D eigenvalue weighted by Gasteiger charge is 2.20. The van der Waals surface area contributed by atoms with Crippen LogP contribution in [-0.4, -0.2) is 41.5 Å².